The molecule has 3 aromatic rings. The fourth-order valence-corrected chi connectivity index (χ4v) is 4.22. The molecule has 0 unspecified atom stereocenters. The quantitative estimate of drug-likeness (QED) is 0.588. The molecule has 0 bridgehead atoms. The molecule has 3 heterocycles. The van der Waals surface area contributed by atoms with Gasteiger partial charge in [0.25, 0.3) is 0 Å². The van der Waals surface area contributed by atoms with Crippen molar-refractivity contribution < 1.29 is 4.79 Å². The average Bonchev–Trinajstić information content (AvgIpc) is 3.41. The molecule has 2 aromatic heterocycles. The average molecular weight is 439 g/mol. The number of nitrogens with zero attached hydrogens (tertiary/aromatic N) is 6. The number of likely N-dealkylation sites (tertiary alicyclic amines) is 1. The zero-order valence-corrected chi connectivity index (χ0v) is 18.9. The zero-order chi connectivity index (χ0) is 22.0. The van der Waals surface area contributed by atoms with Gasteiger partial charge in [-0.3, -0.25) is 9.48 Å². The van der Waals surface area contributed by atoms with Crippen LogP contribution in [0.5, 0.6) is 0 Å². The second kappa shape index (κ2) is 9.06. The van der Waals surface area contributed by atoms with Crippen LogP contribution in [0, 0.1) is 0 Å². The van der Waals surface area contributed by atoms with E-state index < -0.39 is 0 Å². The predicted molar refractivity (Wildman–Crippen MR) is 122 cm³/mol. The van der Waals surface area contributed by atoms with Crippen molar-refractivity contribution in [2.45, 2.75) is 25.2 Å². The first kappa shape index (κ1) is 21.3. The lowest BCUT2D eigenvalue weighted by molar-refractivity contribution is -0.130. The second-order valence-electron chi connectivity index (χ2n) is 8.22. The maximum absolute atomic E-state index is 12.9. The van der Waals surface area contributed by atoms with Crippen molar-refractivity contribution in [2.75, 3.05) is 32.1 Å². The molecule has 31 heavy (non-hydrogen) atoms. The number of aromatic nitrogens is 4. The van der Waals surface area contributed by atoms with E-state index in [0.717, 1.165) is 35.3 Å². The van der Waals surface area contributed by atoms with Gasteiger partial charge in [0, 0.05) is 75.1 Å². The van der Waals surface area contributed by atoms with Crippen molar-refractivity contribution in [3.8, 4) is 11.1 Å². The Morgan fingerprint density at radius 3 is 2.84 bits per heavy atom. The minimum absolute atomic E-state index is 0.173. The molecule has 1 amide bonds. The summed E-state index contributed by atoms with van der Waals surface area (Å²) in [5.41, 5.74) is 4.05. The number of anilines is 1. The number of rotatable bonds is 6. The standard InChI is InChI=1S/C23H27ClN6O/c1-28(2)23-25-13-20(18-12-26-29(3)14-18)22(27-23)17-9-10-30(15-17)21(31)8-7-16-5-4-6-19(24)11-16/h4-6,11-14,17H,7-10,15H2,1-3H3/t17-/m0/s1. The van der Waals surface area contributed by atoms with Crippen molar-refractivity contribution in [2.24, 2.45) is 7.05 Å². The van der Waals surface area contributed by atoms with E-state index in [0.29, 0.717) is 30.4 Å². The SMILES string of the molecule is CN(C)c1ncc(-c2cnn(C)c2)c([C@H]2CCN(C(=O)CCc3cccc(Cl)c3)C2)n1. The van der Waals surface area contributed by atoms with Crippen LogP contribution in [0.15, 0.2) is 42.9 Å². The largest absolute Gasteiger partial charge is 0.347 e. The summed E-state index contributed by atoms with van der Waals surface area (Å²) in [6.07, 6.45) is 7.74. The van der Waals surface area contributed by atoms with Gasteiger partial charge in [-0.15, -0.1) is 0 Å². The smallest absolute Gasteiger partial charge is 0.225 e. The lowest BCUT2D eigenvalue weighted by Crippen LogP contribution is -2.28. The second-order valence-corrected chi connectivity index (χ2v) is 8.66. The Morgan fingerprint density at radius 2 is 2.13 bits per heavy atom. The van der Waals surface area contributed by atoms with Crippen LogP contribution >= 0.6 is 11.6 Å². The summed E-state index contributed by atoms with van der Waals surface area (Å²) in [6.45, 7) is 1.42. The molecule has 0 spiro atoms. The van der Waals surface area contributed by atoms with Crippen LogP contribution in [-0.2, 0) is 18.3 Å². The van der Waals surface area contributed by atoms with E-state index in [-0.39, 0.29) is 11.8 Å². The monoisotopic (exact) mass is 438 g/mol. The fourth-order valence-electron chi connectivity index (χ4n) is 4.01. The fraction of sp³-hybridized carbons (Fsp3) is 0.391. The molecule has 7 nitrogen and oxygen atoms in total. The van der Waals surface area contributed by atoms with E-state index in [4.69, 9.17) is 16.6 Å². The van der Waals surface area contributed by atoms with Crippen molar-refractivity contribution in [3.63, 3.8) is 0 Å². The van der Waals surface area contributed by atoms with Crippen molar-refractivity contribution in [3.05, 3.63) is 59.1 Å². The minimum atomic E-state index is 0.173. The summed E-state index contributed by atoms with van der Waals surface area (Å²) in [7, 11) is 5.76. The van der Waals surface area contributed by atoms with Gasteiger partial charge in [0.15, 0.2) is 0 Å². The lowest BCUT2D eigenvalue weighted by atomic mass is 9.97. The number of carbonyl (C=O) groups is 1. The number of aryl methyl sites for hydroxylation is 2. The van der Waals surface area contributed by atoms with Gasteiger partial charge < -0.3 is 9.80 Å². The molecule has 162 valence electrons. The van der Waals surface area contributed by atoms with Crippen molar-refractivity contribution >= 4 is 23.5 Å². The number of halogens is 1. The molecule has 1 aliphatic heterocycles. The topological polar surface area (TPSA) is 67.2 Å². The summed E-state index contributed by atoms with van der Waals surface area (Å²) in [5.74, 6) is 1.02. The van der Waals surface area contributed by atoms with Crippen LogP contribution in [0.1, 0.15) is 30.0 Å². The summed E-state index contributed by atoms with van der Waals surface area (Å²) in [6, 6.07) is 7.70. The third kappa shape index (κ3) is 4.88. The molecule has 0 N–H and O–H groups in total. The molecule has 0 aliphatic carbocycles. The maximum Gasteiger partial charge on any atom is 0.225 e. The highest BCUT2D eigenvalue weighted by atomic mass is 35.5. The van der Waals surface area contributed by atoms with Crippen LogP contribution in [-0.4, -0.2) is 57.7 Å². The predicted octanol–water partition coefficient (Wildman–Crippen LogP) is 3.55. The van der Waals surface area contributed by atoms with Gasteiger partial charge in [-0.2, -0.15) is 5.10 Å². The molecule has 0 radical (unpaired) electrons. The summed E-state index contributed by atoms with van der Waals surface area (Å²) in [5, 5.41) is 5.00. The molecule has 0 saturated carbocycles. The van der Waals surface area contributed by atoms with Gasteiger partial charge in [0.2, 0.25) is 11.9 Å². The summed E-state index contributed by atoms with van der Waals surface area (Å²) >= 11 is 6.06. The van der Waals surface area contributed by atoms with E-state index >= 15 is 0 Å². The molecular weight excluding hydrogens is 412 g/mol. The Hall–Kier alpha value is -2.93. The Bertz CT molecular complexity index is 1080. The summed E-state index contributed by atoms with van der Waals surface area (Å²) in [4.78, 5) is 26.1. The van der Waals surface area contributed by atoms with E-state index in [9.17, 15) is 4.79 Å². The first-order valence-corrected chi connectivity index (χ1v) is 10.8. The molecule has 1 fully saturated rings. The minimum Gasteiger partial charge on any atom is -0.347 e. The van der Waals surface area contributed by atoms with Crippen LogP contribution in [0.4, 0.5) is 5.95 Å². The number of amides is 1. The zero-order valence-electron chi connectivity index (χ0n) is 18.1. The highest BCUT2D eigenvalue weighted by Gasteiger charge is 2.30. The molecule has 1 aliphatic rings. The molecule has 8 heteroatoms. The van der Waals surface area contributed by atoms with E-state index in [1.807, 2.05) is 73.8 Å². The van der Waals surface area contributed by atoms with Crippen LogP contribution < -0.4 is 4.90 Å². The third-order valence-corrected chi connectivity index (χ3v) is 5.90. The van der Waals surface area contributed by atoms with Crippen molar-refractivity contribution in [1.82, 2.24) is 24.6 Å². The lowest BCUT2D eigenvalue weighted by Gasteiger charge is -2.19. The number of benzene rings is 1. The molecule has 1 saturated heterocycles. The Balaban J connectivity index is 1.50. The van der Waals surface area contributed by atoms with Gasteiger partial charge >= 0.3 is 0 Å². The Kier molecular flexibility index (Phi) is 6.23. The van der Waals surface area contributed by atoms with Gasteiger partial charge in [-0.25, -0.2) is 9.97 Å². The van der Waals surface area contributed by atoms with Gasteiger partial charge in [0.05, 0.1) is 11.9 Å². The Labute approximate surface area is 187 Å². The normalized spacial score (nSPS) is 16.0. The van der Waals surface area contributed by atoms with E-state index in [2.05, 4.69) is 10.1 Å². The first-order valence-electron chi connectivity index (χ1n) is 10.5. The third-order valence-electron chi connectivity index (χ3n) is 5.67. The highest BCUT2D eigenvalue weighted by molar-refractivity contribution is 6.30. The van der Waals surface area contributed by atoms with Crippen LogP contribution in [0.25, 0.3) is 11.1 Å². The van der Waals surface area contributed by atoms with Crippen LogP contribution in [0.3, 0.4) is 0 Å². The number of hydrogen-bond donors (Lipinski definition) is 0. The van der Waals surface area contributed by atoms with Crippen molar-refractivity contribution in [1.29, 1.82) is 0 Å². The van der Waals surface area contributed by atoms with Gasteiger partial charge in [-0.1, -0.05) is 23.7 Å². The maximum atomic E-state index is 12.9. The highest BCUT2D eigenvalue weighted by Crippen LogP contribution is 2.34. The van der Waals surface area contributed by atoms with Gasteiger partial charge in [0.1, 0.15) is 0 Å². The summed E-state index contributed by atoms with van der Waals surface area (Å²) < 4.78 is 1.78. The van der Waals surface area contributed by atoms with E-state index in [1.54, 1.807) is 4.68 Å². The Morgan fingerprint density at radius 1 is 1.29 bits per heavy atom. The molecule has 1 aromatic carbocycles. The van der Waals surface area contributed by atoms with Crippen LogP contribution in [0.2, 0.25) is 5.02 Å². The van der Waals surface area contributed by atoms with Gasteiger partial charge in [-0.05, 0) is 30.5 Å². The number of hydrogen-bond acceptors (Lipinski definition) is 5. The van der Waals surface area contributed by atoms with E-state index in [1.165, 1.54) is 0 Å². The first-order chi connectivity index (χ1) is 14.9. The molecule has 1 atom stereocenters. The molecule has 4 rings (SSSR count). The number of carbonyl (C=O) groups excluding carboxylic acids is 1. The molecular formula is C23H27ClN6O.